The number of phenolic OH excluding ortho intramolecular Hbond substituents is 1. The fraction of sp³-hybridized carbons (Fsp3) is 0. The zero-order valence-corrected chi connectivity index (χ0v) is 11.2. The fourth-order valence-electron chi connectivity index (χ4n) is 2.36. The topological polar surface area (TPSA) is 109 Å². The lowest BCUT2D eigenvalue weighted by atomic mass is 9.84. The van der Waals surface area contributed by atoms with Gasteiger partial charge in [-0.05, 0) is 12.1 Å². The molecule has 3 rings (SSSR count). The van der Waals surface area contributed by atoms with Gasteiger partial charge in [0.15, 0.2) is 11.6 Å². The van der Waals surface area contributed by atoms with Gasteiger partial charge < -0.3 is 5.11 Å². The third kappa shape index (κ3) is 1.86. The Morgan fingerprint density at radius 3 is 1.95 bits per heavy atom. The van der Waals surface area contributed by atoms with Gasteiger partial charge in [0.1, 0.15) is 10.6 Å². The molecule has 0 amide bonds. The van der Waals surface area contributed by atoms with Crippen molar-refractivity contribution >= 4 is 21.7 Å². The van der Waals surface area contributed by atoms with Crippen LogP contribution in [-0.2, 0) is 10.1 Å². The summed E-state index contributed by atoms with van der Waals surface area (Å²) in [4.78, 5) is 23.9. The van der Waals surface area contributed by atoms with Gasteiger partial charge in [0.05, 0.1) is 5.56 Å². The van der Waals surface area contributed by atoms with Crippen LogP contribution in [0.4, 0.5) is 0 Å². The van der Waals surface area contributed by atoms with Crippen LogP contribution in [0.15, 0.2) is 41.3 Å². The van der Waals surface area contributed by atoms with Gasteiger partial charge in [-0.3, -0.25) is 14.1 Å². The summed E-state index contributed by atoms with van der Waals surface area (Å²) in [6.07, 6.45) is 0. The minimum Gasteiger partial charge on any atom is -0.506 e. The largest absolute Gasteiger partial charge is 0.506 e. The second-order valence-electron chi connectivity index (χ2n) is 4.51. The van der Waals surface area contributed by atoms with E-state index in [1.165, 1.54) is 12.1 Å². The molecule has 0 fully saturated rings. The molecule has 0 aromatic heterocycles. The van der Waals surface area contributed by atoms with Gasteiger partial charge in [-0.2, -0.15) is 8.42 Å². The van der Waals surface area contributed by atoms with E-state index in [4.69, 9.17) is 4.55 Å². The summed E-state index contributed by atoms with van der Waals surface area (Å²) in [5, 5.41) is 9.97. The number of rotatable bonds is 1. The number of hydrogen-bond acceptors (Lipinski definition) is 5. The molecule has 0 heterocycles. The number of carbonyl (C=O) groups is 2. The van der Waals surface area contributed by atoms with Crippen molar-refractivity contribution in [1.82, 2.24) is 0 Å². The average Bonchev–Trinajstić information content (AvgIpc) is 2.43. The Bertz CT molecular complexity index is 911. The molecule has 0 saturated carbocycles. The summed E-state index contributed by atoms with van der Waals surface area (Å²) in [7, 11) is -4.70. The van der Waals surface area contributed by atoms with Gasteiger partial charge in [-0.25, -0.2) is 0 Å². The first-order valence-electron chi connectivity index (χ1n) is 5.84. The molecule has 0 radical (unpaired) electrons. The predicted molar refractivity (Wildman–Crippen MR) is 71.2 cm³/mol. The van der Waals surface area contributed by atoms with E-state index in [0.29, 0.717) is 0 Å². The summed E-state index contributed by atoms with van der Waals surface area (Å²) in [6, 6.07) is 8.04. The number of benzene rings is 2. The summed E-state index contributed by atoms with van der Waals surface area (Å²) in [5.41, 5.74) is -0.232. The molecular weight excluding hydrogens is 296 g/mol. The maximum Gasteiger partial charge on any atom is 0.298 e. The van der Waals surface area contributed by atoms with E-state index in [1.807, 2.05) is 0 Å². The molecule has 0 spiro atoms. The van der Waals surface area contributed by atoms with Gasteiger partial charge in [-0.15, -0.1) is 0 Å². The van der Waals surface area contributed by atoms with Crippen LogP contribution in [0.25, 0.3) is 0 Å². The lowest BCUT2D eigenvalue weighted by molar-refractivity contribution is 0.0976. The minimum absolute atomic E-state index is 0.0813. The molecule has 7 heteroatoms. The van der Waals surface area contributed by atoms with Crippen LogP contribution >= 0.6 is 0 Å². The Morgan fingerprint density at radius 1 is 0.810 bits per heavy atom. The zero-order chi connectivity index (χ0) is 15.4. The molecule has 2 N–H and O–H groups in total. The molecule has 0 saturated heterocycles. The molecule has 6 nitrogen and oxygen atoms in total. The molecule has 0 unspecified atom stereocenters. The van der Waals surface area contributed by atoms with Crippen LogP contribution in [0.3, 0.4) is 0 Å². The highest BCUT2D eigenvalue weighted by molar-refractivity contribution is 7.86. The molecule has 0 bridgehead atoms. The first-order valence-corrected chi connectivity index (χ1v) is 7.28. The molecular formula is C14H8O6S. The second-order valence-corrected chi connectivity index (χ2v) is 5.90. The lowest BCUT2D eigenvalue weighted by Gasteiger charge is -2.18. The Hall–Kier alpha value is -2.51. The molecule has 21 heavy (non-hydrogen) atoms. The van der Waals surface area contributed by atoms with Crippen LogP contribution in [0.5, 0.6) is 5.75 Å². The van der Waals surface area contributed by atoms with Gasteiger partial charge >= 0.3 is 0 Å². The van der Waals surface area contributed by atoms with Crippen molar-refractivity contribution in [1.29, 1.82) is 0 Å². The van der Waals surface area contributed by atoms with Crippen molar-refractivity contribution in [2.75, 3.05) is 0 Å². The van der Waals surface area contributed by atoms with E-state index >= 15 is 0 Å². The Kier molecular flexibility index (Phi) is 2.72. The Labute approximate surface area is 119 Å². The zero-order valence-electron chi connectivity index (χ0n) is 10.4. The number of aromatic hydroxyl groups is 1. The van der Waals surface area contributed by atoms with Gasteiger partial charge in [0.2, 0.25) is 0 Å². The van der Waals surface area contributed by atoms with Gasteiger partial charge in [0, 0.05) is 16.7 Å². The predicted octanol–water partition coefficient (Wildman–Crippen LogP) is 1.41. The van der Waals surface area contributed by atoms with Crippen molar-refractivity contribution in [2.45, 2.75) is 4.90 Å². The molecule has 0 atom stereocenters. The van der Waals surface area contributed by atoms with Crippen molar-refractivity contribution in [2.24, 2.45) is 0 Å². The Balaban J connectivity index is 2.37. The smallest absolute Gasteiger partial charge is 0.298 e. The van der Waals surface area contributed by atoms with E-state index in [0.717, 1.165) is 12.1 Å². The summed E-state index contributed by atoms with van der Waals surface area (Å²) < 4.78 is 31.4. The fourth-order valence-corrected chi connectivity index (χ4v) is 2.94. The molecule has 1 aliphatic carbocycles. The first kappa shape index (κ1) is 13.5. The summed E-state index contributed by atoms with van der Waals surface area (Å²) in [5.74, 6) is -2.07. The molecule has 1 aliphatic rings. The van der Waals surface area contributed by atoms with Crippen molar-refractivity contribution < 1.29 is 27.7 Å². The maximum atomic E-state index is 12.4. The quantitative estimate of drug-likeness (QED) is 0.658. The Morgan fingerprint density at radius 2 is 1.38 bits per heavy atom. The van der Waals surface area contributed by atoms with Crippen LogP contribution < -0.4 is 0 Å². The molecule has 106 valence electrons. The minimum atomic E-state index is -4.70. The van der Waals surface area contributed by atoms with Crippen LogP contribution in [0.2, 0.25) is 0 Å². The third-order valence-electron chi connectivity index (χ3n) is 3.31. The van der Waals surface area contributed by atoms with Crippen LogP contribution in [0, 0.1) is 0 Å². The first-order chi connectivity index (χ1) is 9.82. The van der Waals surface area contributed by atoms with Gasteiger partial charge in [-0.1, -0.05) is 24.3 Å². The van der Waals surface area contributed by atoms with Crippen LogP contribution in [-0.4, -0.2) is 29.6 Å². The highest BCUT2D eigenvalue weighted by Crippen LogP contribution is 2.36. The van der Waals surface area contributed by atoms with Crippen molar-refractivity contribution in [3.8, 4) is 5.75 Å². The number of carbonyl (C=O) groups excluding carboxylic acids is 2. The standard InChI is InChI=1S/C14H8O6S/c15-12-7-3-1-2-4-8(7)13(16)11-9(12)5-6-10(14(11)17)21(18,19)20/h1-6,17H,(H,18,19,20). The average molecular weight is 304 g/mol. The SMILES string of the molecule is O=C1c2ccccc2C(=O)c2c1ccc(S(=O)(=O)O)c2O. The van der Waals surface area contributed by atoms with E-state index < -0.39 is 37.9 Å². The van der Waals surface area contributed by atoms with Crippen LogP contribution in [0.1, 0.15) is 31.8 Å². The second kappa shape index (κ2) is 4.24. The third-order valence-corrected chi connectivity index (χ3v) is 4.19. The van der Waals surface area contributed by atoms with Crippen molar-refractivity contribution in [3.05, 3.63) is 58.7 Å². The number of hydrogen-bond donors (Lipinski definition) is 2. The van der Waals surface area contributed by atoms with Crippen molar-refractivity contribution in [3.63, 3.8) is 0 Å². The number of phenols is 1. The monoisotopic (exact) mass is 304 g/mol. The normalized spacial score (nSPS) is 13.8. The lowest BCUT2D eigenvalue weighted by Crippen LogP contribution is -2.21. The molecule has 0 aliphatic heterocycles. The van der Waals surface area contributed by atoms with E-state index in [9.17, 15) is 23.1 Å². The summed E-state index contributed by atoms with van der Waals surface area (Å²) in [6.45, 7) is 0. The highest BCUT2D eigenvalue weighted by atomic mass is 32.2. The highest BCUT2D eigenvalue weighted by Gasteiger charge is 2.34. The van der Waals surface area contributed by atoms with E-state index in [-0.39, 0.29) is 16.7 Å². The van der Waals surface area contributed by atoms with E-state index in [2.05, 4.69) is 0 Å². The van der Waals surface area contributed by atoms with Gasteiger partial charge in [0.25, 0.3) is 10.1 Å². The molecule has 2 aromatic carbocycles. The van der Waals surface area contributed by atoms with E-state index in [1.54, 1.807) is 12.1 Å². The molecule has 2 aromatic rings. The summed E-state index contributed by atoms with van der Waals surface area (Å²) >= 11 is 0. The number of ketones is 2. The maximum absolute atomic E-state index is 12.4. The number of fused-ring (bicyclic) bond motifs is 2.